The summed E-state index contributed by atoms with van der Waals surface area (Å²) in [6.45, 7) is 3.14. The van der Waals surface area contributed by atoms with Crippen molar-refractivity contribution in [3.63, 3.8) is 0 Å². The Bertz CT molecular complexity index is 1150. The minimum atomic E-state index is -0.588. The second-order valence-corrected chi connectivity index (χ2v) is 7.98. The Morgan fingerprint density at radius 1 is 1.26 bits per heavy atom. The molecule has 0 saturated heterocycles. The van der Waals surface area contributed by atoms with Crippen molar-refractivity contribution in [2.24, 2.45) is 5.10 Å². The van der Waals surface area contributed by atoms with Crippen molar-refractivity contribution < 1.29 is 4.92 Å². The summed E-state index contributed by atoms with van der Waals surface area (Å²) in [7, 11) is 0. The van der Waals surface area contributed by atoms with Crippen LogP contribution in [0.1, 0.15) is 25.3 Å². The number of anilines is 4. The van der Waals surface area contributed by atoms with Gasteiger partial charge in [-0.3, -0.25) is 15.5 Å². The highest BCUT2D eigenvalue weighted by Gasteiger charge is 2.23. The Labute approximate surface area is 183 Å². The van der Waals surface area contributed by atoms with E-state index in [1.807, 2.05) is 12.1 Å². The van der Waals surface area contributed by atoms with Crippen molar-refractivity contribution in [1.82, 2.24) is 9.97 Å². The van der Waals surface area contributed by atoms with E-state index in [-0.39, 0.29) is 17.5 Å². The number of rotatable bonds is 7. The first-order chi connectivity index (χ1) is 15.1. The maximum absolute atomic E-state index is 11.1. The van der Waals surface area contributed by atoms with Gasteiger partial charge in [-0.15, -0.1) is 0 Å². The summed E-state index contributed by atoms with van der Waals surface area (Å²) < 4.78 is 0. The number of nitrogens with one attached hydrogen (secondary N) is 1. The Kier molecular flexibility index (Phi) is 5.99. The number of nitro groups is 1. The van der Waals surface area contributed by atoms with Crippen LogP contribution in [0.25, 0.3) is 0 Å². The van der Waals surface area contributed by atoms with Crippen molar-refractivity contribution in [3.8, 4) is 0 Å². The molecule has 3 N–H and O–H groups in total. The second kappa shape index (κ2) is 9.00. The minimum Gasteiger partial charge on any atom is -0.368 e. The highest BCUT2D eigenvalue weighted by atomic mass is 32.2. The number of hydrogen-bond acceptors (Lipinski definition) is 9. The summed E-state index contributed by atoms with van der Waals surface area (Å²) >= 11 is 1.72. The number of nitrogens with zero attached hydrogens (tertiary/aromatic N) is 5. The lowest BCUT2D eigenvalue weighted by Gasteiger charge is -2.33. The Morgan fingerprint density at radius 3 is 2.87 bits per heavy atom. The second-order valence-electron chi connectivity index (χ2n) is 6.89. The van der Waals surface area contributed by atoms with Crippen LogP contribution >= 0.6 is 11.8 Å². The molecule has 0 atom stereocenters. The molecule has 0 amide bonds. The molecule has 0 spiro atoms. The summed E-state index contributed by atoms with van der Waals surface area (Å²) in [5.74, 6) is -0.125. The highest BCUT2D eigenvalue weighted by molar-refractivity contribution is 7.99. The molecule has 1 aliphatic rings. The van der Waals surface area contributed by atoms with Gasteiger partial charge in [0.1, 0.15) is 6.20 Å². The van der Waals surface area contributed by atoms with Crippen LogP contribution in [0.2, 0.25) is 0 Å². The SMILES string of the molecule is CCCCN1c2ccccc2Sc2cc(/C=N/Nc3nc(N)ncc3[N+](=O)[O-])ccc21. The molecule has 1 aliphatic heterocycles. The molecule has 0 bridgehead atoms. The molecule has 31 heavy (non-hydrogen) atoms. The van der Waals surface area contributed by atoms with Gasteiger partial charge in [-0.1, -0.05) is 43.3 Å². The van der Waals surface area contributed by atoms with E-state index in [1.54, 1.807) is 18.0 Å². The van der Waals surface area contributed by atoms with E-state index < -0.39 is 4.92 Å². The topological polar surface area (TPSA) is 123 Å². The van der Waals surface area contributed by atoms with Crippen molar-refractivity contribution in [3.05, 3.63) is 64.3 Å². The number of unbranched alkanes of at least 4 members (excludes halogenated alkanes) is 1. The third-order valence-corrected chi connectivity index (χ3v) is 5.87. The van der Waals surface area contributed by atoms with E-state index in [9.17, 15) is 10.1 Å². The molecule has 2 heterocycles. The molecule has 4 rings (SSSR count). The number of benzene rings is 2. The fraction of sp³-hybridized carbons (Fsp3) is 0.190. The van der Waals surface area contributed by atoms with Crippen LogP contribution in [-0.4, -0.2) is 27.7 Å². The minimum absolute atomic E-state index is 0.0549. The summed E-state index contributed by atoms with van der Waals surface area (Å²) in [5, 5.41) is 15.2. The maximum Gasteiger partial charge on any atom is 0.331 e. The predicted octanol–water partition coefficient (Wildman–Crippen LogP) is 4.82. The molecule has 3 aromatic rings. The molecule has 158 valence electrons. The Balaban J connectivity index is 1.58. The molecule has 0 aliphatic carbocycles. The smallest absolute Gasteiger partial charge is 0.331 e. The average molecular weight is 436 g/mol. The van der Waals surface area contributed by atoms with Crippen LogP contribution in [0, 0.1) is 10.1 Å². The van der Waals surface area contributed by atoms with E-state index in [1.165, 1.54) is 16.3 Å². The lowest BCUT2D eigenvalue weighted by molar-refractivity contribution is -0.384. The van der Waals surface area contributed by atoms with Gasteiger partial charge in [-0.25, -0.2) is 4.98 Å². The molecule has 9 nitrogen and oxygen atoms in total. The van der Waals surface area contributed by atoms with E-state index in [0.717, 1.165) is 36.0 Å². The van der Waals surface area contributed by atoms with E-state index in [4.69, 9.17) is 5.73 Å². The zero-order valence-corrected chi connectivity index (χ0v) is 17.7. The summed E-state index contributed by atoms with van der Waals surface area (Å²) in [6, 6.07) is 14.5. The lowest BCUT2D eigenvalue weighted by Crippen LogP contribution is -2.21. The predicted molar refractivity (Wildman–Crippen MR) is 123 cm³/mol. The van der Waals surface area contributed by atoms with Gasteiger partial charge in [-0.2, -0.15) is 10.1 Å². The van der Waals surface area contributed by atoms with Gasteiger partial charge in [0, 0.05) is 16.3 Å². The number of hydrogen-bond donors (Lipinski definition) is 2. The van der Waals surface area contributed by atoms with Gasteiger partial charge < -0.3 is 10.6 Å². The normalized spacial score (nSPS) is 12.5. The van der Waals surface area contributed by atoms with Gasteiger partial charge in [0.25, 0.3) is 0 Å². The third kappa shape index (κ3) is 4.43. The van der Waals surface area contributed by atoms with Crippen molar-refractivity contribution >= 4 is 46.8 Å². The van der Waals surface area contributed by atoms with E-state index >= 15 is 0 Å². The standard InChI is InChI=1S/C21H21N7O2S/c1-2-3-10-27-15-6-4-5-7-18(15)31-19-11-14(8-9-16(19)27)12-24-26-20-17(28(29)30)13-23-21(22)25-20/h4-9,11-13H,2-3,10H2,1H3,(H3,22,23,25,26)/b24-12+. The molecule has 0 unspecified atom stereocenters. The molecular weight excluding hydrogens is 414 g/mol. The lowest BCUT2D eigenvalue weighted by atomic mass is 10.1. The van der Waals surface area contributed by atoms with Gasteiger partial charge in [-0.05, 0) is 36.2 Å². The van der Waals surface area contributed by atoms with Crippen LogP contribution in [0.15, 0.2) is 63.6 Å². The van der Waals surface area contributed by atoms with Crippen LogP contribution in [-0.2, 0) is 0 Å². The van der Waals surface area contributed by atoms with Crippen molar-refractivity contribution in [1.29, 1.82) is 0 Å². The molecule has 1 aromatic heterocycles. The fourth-order valence-corrected chi connectivity index (χ4v) is 4.40. The number of nitrogens with two attached hydrogens (primary N) is 1. The third-order valence-electron chi connectivity index (χ3n) is 4.75. The molecular formula is C21H21N7O2S. The zero-order valence-electron chi connectivity index (χ0n) is 16.9. The summed E-state index contributed by atoms with van der Waals surface area (Å²) in [6.07, 6.45) is 4.88. The first-order valence-corrected chi connectivity index (χ1v) is 10.6. The largest absolute Gasteiger partial charge is 0.368 e. The van der Waals surface area contributed by atoms with E-state index in [2.05, 4.69) is 62.7 Å². The number of fused-ring (bicyclic) bond motifs is 2. The Morgan fingerprint density at radius 2 is 2.06 bits per heavy atom. The molecule has 0 fully saturated rings. The zero-order chi connectivity index (χ0) is 21.8. The number of aromatic nitrogens is 2. The monoisotopic (exact) mass is 435 g/mol. The molecule has 2 aromatic carbocycles. The first-order valence-electron chi connectivity index (χ1n) is 9.81. The number of hydrazone groups is 1. The fourth-order valence-electron chi connectivity index (χ4n) is 3.26. The van der Waals surface area contributed by atoms with E-state index in [0.29, 0.717) is 0 Å². The first kappa shape index (κ1) is 20.6. The number of nitrogen functional groups attached to an aromatic ring is 1. The van der Waals surface area contributed by atoms with Gasteiger partial charge >= 0.3 is 5.69 Å². The van der Waals surface area contributed by atoms with Crippen molar-refractivity contribution in [2.45, 2.75) is 29.6 Å². The van der Waals surface area contributed by atoms with Crippen LogP contribution in [0.5, 0.6) is 0 Å². The Hall–Kier alpha value is -3.66. The quantitative estimate of drug-likeness (QED) is 0.308. The molecule has 10 heteroatoms. The van der Waals surface area contributed by atoms with Gasteiger partial charge in [0.05, 0.1) is 22.5 Å². The molecule has 0 radical (unpaired) electrons. The van der Waals surface area contributed by atoms with Gasteiger partial charge in [0.2, 0.25) is 11.8 Å². The highest BCUT2D eigenvalue weighted by Crippen LogP contribution is 2.48. The molecule has 0 saturated carbocycles. The maximum atomic E-state index is 11.1. The number of para-hydroxylation sites is 1. The summed E-state index contributed by atoms with van der Waals surface area (Å²) in [5.41, 5.74) is 11.1. The summed E-state index contributed by atoms with van der Waals surface area (Å²) in [4.78, 5) is 22.7. The van der Waals surface area contributed by atoms with Crippen molar-refractivity contribution in [2.75, 3.05) is 22.6 Å². The van der Waals surface area contributed by atoms with Gasteiger partial charge in [0.15, 0.2) is 0 Å². The van der Waals surface area contributed by atoms with Crippen LogP contribution < -0.4 is 16.1 Å². The van der Waals surface area contributed by atoms with Crippen LogP contribution in [0.3, 0.4) is 0 Å². The van der Waals surface area contributed by atoms with Crippen LogP contribution in [0.4, 0.5) is 28.8 Å². The average Bonchev–Trinajstić information content (AvgIpc) is 2.76.